The number of aldehydes is 1. The van der Waals surface area contributed by atoms with Gasteiger partial charge in [0.25, 0.3) is 5.91 Å². The average Bonchev–Trinajstić information content (AvgIpc) is 3.79. The van der Waals surface area contributed by atoms with E-state index in [1.807, 2.05) is 42.3 Å². The lowest BCUT2D eigenvalue weighted by Gasteiger charge is -2.35. The lowest BCUT2D eigenvalue weighted by atomic mass is 9.90. The number of rotatable bonds is 8. The van der Waals surface area contributed by atoms with Crippen LogP contribution in [0.5, 0.6) is 0 Å². The summed E-state index contributed by atoms with van der Waals surface area (Å²) < 4.78 is 0. The number of piperazine rings is 1. The Kier molecular flexibility index (Phi) is 11.7. The van der Waals surface area contributed by atoms with Crippen molar-refractivity contribution in [3.63, 3.8) is 0 Å². The van der Waals surface area contributed by atoms with E-state index >= 15 is 0 Å². The van der Waals surface area contributed by atoms with Crippen LogP contribution < -0.4 is 11.1 Å². The molecule has 5 unspecified atom stereocenters. The summed E-state index contributed by atoms with van der Waals surface area (Å²) in [4.78, 5) is 41.9. The first-order valence-corrected chi connectivity index (χ1v) is 16.0. The third-order valence-electron chi connectivity index (χ3n) is 8.76. The van der Waals surface area contributed by atoms with Crippen molar-refractivity contribution in [3.05, 3.63) is 53.7 Å². The molecule has 1 aliphatic heterocycles. The minimum Gasteiger partial charge on any atom is -0.392 e. The molecular weight excluding hydrogens is 554 g/mol. The highest BCUT2D eigenvalue weighted by molar-refractivity contribution is 5.96. The van der Waals surface area contributed by atoms with Gasteiger partial charge < -0.3 is 30.8 Å². The molecule has 5 N–H and O–H groups in total. The van der Waals surface area contributed by atoms with Crippen LogP contribution in [0.1, 0.15) is 56.0 Å². The van der Waals surface area contributed by atoms with Gasteiger partial charge in [-0.15, -0.1) is 0 Å². The molecule has 1 saturated carbocycles. The van der Waals surface area contributed by atoms with Gasteiger partial charge in [0.05, 0.1) is 11.8 Å². The second-order valence-electron chi connectivity index (χ2n) is 12.0. The summed E-state index contributed by atoms with van der Waals surface area (Å²) >= 11 is 0. The third kappa shape index (κ3) is 7.36. The van der Waals surface area contributed by atoms with Gasteiger partial charge in [0.1, 0.15) is 17.6 Å². The van der Waals surface area contributed by atoms with E-state index in [1.165, 1.54) is 19.9 Å². The first-order chi connectivity index (χ1) is 21.3. The van der Waals surface area contributed by atoms with Crippen molar-refractivity contribution in [3.8, 4) is 11.4 Å². The lowest BCUT2D eigenvalue weighted by molar-refractivity contribution is -0.111. The zero-order chi connectivity index (χ0) is 31.8. The number of allylic oxidation sites excluding steroid dienone is 1. The smallest absolute Gasteiger partial charge is 0.253 e. The van der Waals surface area contributed by atoms with E-state index in [9.17, 15) is 14.7 Å². The highest BCUT2D eigenvalue weighted by Crippen LogP contribution is 2.44. The van der Waals surface area contributed by atoms with Crippen LogP contribution in [0.4, 0.5) is 5.69 Å². The number of pyridine rings is 1. The van der Waals surface area contributed by atoms with Gasteiger partial charge in [-0.1, -0.05) is 51.0 Å². The van der Waals surface area contributed by atoms with Gasteiger partial charge in [-0.05, 0) is 56.8 Å². The van der Waals surface area contributed by atoms with Crippen molar-refractivity contribution >= 4 is 29.0 Å². The lowest BCUT2D eigenvalue weighted by Crippen LogP contribution is -2.50. The summed E-state index contributed by atoms with van der Waals surface area (Å²) in [7, 11) is 1.50. The minimum atomic E-state index is -0.372. The summed E-state index contributed by atoms with van der Waals surface area (Å²) in [6.45, 7) is 11.6. The topological polar surface area (TPSA) is 140 Å². The fourth-order valence-corrected chi connectivity index (χ4v) is 6.28. The average molecular weight is 604 g/mol. The molecule has 1 saturated heterocycles. The van der Waals surface area contributed by atoms with Crippen LogP contribution in [0.15, 0.2) is 42.6 Å². The summed E-state index contributed by atoms with van der Waals surface area (Å²) in [6.07, 6.45) is 10.6. The highest BCUT2D eigenvalue weighted by atomic mass is 16.3. The van der Waals surface area contributed by atoms with E-state index in [0.717, 1.165) is 48.1 Å². The second-order valence-corrected chi connectivity index (χ2v) is 12.0. The zero-order valence-electron chi connectivity index (χ0n) is 26.8. The number of amides is 1. The number of aryl methyl sites for hydroxylation is 1. The van der Waals surface area contributed by atoms with Gasteiger partial charge in [-0.2, -0.15) is 0 Å². The number of imidazole rings is 1. The van der Waals surface area contributed by atoms with Crippen molar-refractivity contribution in [2.45, 2.75) is 59.1 Å². The Morgan fingerprint density at radius 1 is 1.16 bits per heavy atom. The van der Waals surface area contributed by atoms with Crippen molar-refractivity contribution in [1.82, 2.24) is 24.8 Å². The number of unbranched alkanes of at least 4 members (excludes halogenated alkanes) is 1. The van der Waals surface area contributed by atoms with Crippen molar-refractivity contribution in [1.29, 1.82) is 0 Å². The van der Waals surface area contributed by atoms with Crippen LogP contribution in [0, 0.1) is 24.7 Å². The largest absolute Gasteiger partial charge is 0.392 e. The first kappa shape index (κ1) is 33.3. The second kappa shape index (κ2) is 15.4. The summed E-state index contributed by atoms with van der Waals surface area (Å²) in [5, 5.41) is 13.3. The molecule has 3 heterocycles. The summed E-state index contributed by atoms with van der Waals surface area (Å²) in [5.74, 6) is 1.27. The number of carbonyl (C=O) groups is 2. The van der Waals surface area contributed by atoms with Crippen LogP contribution in [-0.4, -0.2) is 94.0 Å². The molecule has 2 fully saturated rings. The number of anilines is 1. The van der Waals surface area contributed by atoms with Crippen LogP contribution in [0.25, 0.3) is 22.6 Å². The number of aromatic nitrogens is 3. The fraction of sp³-hybridized carbons (Fsp3) is 0.529. The maximum atomic E-state index is 13.3. The predicted octanol–water partition coefficient (Wildman–Crippen LogP) is 4.25. The third-order valence-corrected chi connectivity index (χ3v) is 8.76. The van der Waals surface area contributed by atoms with Gasteiger partial charge in [0, 0.05) is 62.0 Å². The molecule has 5 atom stereocenters. The molecule has 10 nitrogen and oxygen atoms in total. The van der Waals surface area contributed by atoms with E-state index in [4.69, 9.17) is 4.98 Å². The molecule has 0 radical (unpaired) electrons. The standard InChI is InChI=1S/C29H34N6O3.C4H10.CH5N/c1-17-14-30-28-26(24(17)31-25-20-7-6-19(12-20)23(25)16-36)32-27(33-28)21-4-3-5-22(13-21)29(38)35-10-8-34(9-11-35)15-18(2)37;1-3-4-2;1-2/h3-7,13-14,16,18-20,23,25,37H,8-12,15H2,1-2H3,(H2,30,31,32,33);3-4H2,1-2H3;2H2,1H3. The molecule has 0 spiro atoms. The van der Waals surface area contributed by atoms with Gasteiger partial charge in [-0.3, -0.25) is 9.69 Å². The van der Waals surface area contributed by atoms with E-state index < -0.39 is 0 Å². The Balaban J connectivity index is 0.000000683. The first-order valence-electron chi connectivity index (χ1n) is 16.0. The highest BCUT2D eigenvalue weighted by Gasteiger charge is 2.44. The van der Waals surface area contributed by atoms with Gasteiger partial charge in [0.2, 0.25) is 0 Å². The van der Waals surface area contributed by atoms with Gasteiger partial charge in [0.15, 0.2) is 5.65 Å². The summed E-state index contributed by atoms with van der Waals surface area (Å²) in [5.41, 5.74) is 9.26. The molecule has 6 rings (SSSR count). The van der Waals surface area contributed by atoms with Crippen LogP contribution in [0.2, 0.25) is 0 Å². The number of fused-ring (bicyclic) bond motifs is 3. The van der Waals surface area contributed by atoms with E-state index in [0.29, 0.717) is 48.5 Å². The maximum absolute atomic E-state index is 13.3. The maximum Gasteiger partial charge on any atom is 0.253 e. The number of hydrogen-bond donors (Lipinski definition) is 4. The number of benzene rings is 1. The normalized spacial score (nSPS) is 23.0. The van der Waals surface area contributed by atoms with Crippen molar-refractivity contribution in [2.75, 3.05) is 45.1 Å². The Morgan fingerprint density at radius 3 is 2.52 bits per heavy atom. The SMILES string of the molecule is CCCC.CN.Cc1cnc2nc(-c3cccc(C(=O)N4CCN(CC(C)O)CC4)c3)[nH]c2c1NC1C2C=CC(C2)C1C=O. The summed E-state index contributed by atoms with van der Waals surface area (Å²) in [6, 6.07) is 7.60. The monoisotopic (exact) mass is 603 g/mol. The quantitative estimate of drug-likeness (QED) is 0.221. The van der Waals surface area contributed by atoms with E-state index in [1.54, 1.807) is 6.92 Å². The number of H-pyrrole nitrogens is 1. The van der Waals surface area contributed by atoms with Crippen LogP contribution in [0.3, 0.4) is 0 Å². The van der Waals surface area contributed by atoms with Crippen LogP contribution >= 0.6 is 0 Å². The minimum absolute atomic E-state index is 0.000212. The number of carbonyl (C=O) groups excluding carboxylic acids is 2. The molecule has 3 aromatic rings. The Morgan fingerprint density at radius 2 is 1.86 bits per heavy atom. The van der Waals surface area contributed by atoms with Gasteiger partial charge in [-0.25, -0.2) is 9.97 Å². The van der Waals surface area contributed by atoms with Crippen LogP contribution in [-0.2, 0) is 4.79 Å². The molecule has 238 valence electrons. The number of nitrogens with one attached hydrogen (secondary N) is 2. The molecule has 2 aliphatic carbocycles. The molecule has 1 aromatic carbocycles. The van der Waals surface area contributed by atoms with E-state index in [2.05, 4.69) is 51.9 Å². The predicted molar refractivity (Wildman–Crippen MR) is 176 cm³/mol. The number of aromatic amines is 1. The van der Waals surface area contributed by atoms with Crippen molar-refractivity contribution in [2.24, 2.45) is 23.5 Å². The van der Waals surface area contributed by atoms with Crippen molar-refractivity contribution < 1.29 is 14.7 Å². The number of β-amino-alcohol motifs (C(OH)–C–C–N with tert-alkyl or cyclic N) is 1. The molecule has 2 aromatic heterocycles. The number of aliphatic hydroxyl groups is 1. The number of nitrogens with zero attached hydrogens (tertiary/aromatic N) is 4. The van der Waals surface area contributed by atoms with E-state index in [-0.39, 0.29) is 24.0 Å². The Bertz CT molecular complexity index is 1430. The molecule has 10 heteroatoms. The molecule has 2 bridgehead atoms. The number of aliphatic hydroxyl groups excluding tert-OH is 1. The zero-order valence-corrected chi connectivity index (χ0v) is 26.8. The number of nitrogens with two attached hydrogens (primary N) is 1. The Hall–Kier alpha value is -3.60. The molecule has 44 heavy (non-hydrogen) atoms. The molecular formula is C34H49N7O3. The van der Waals surface area contributed by atoms with Gasteiger partial charge >= 0.3 is 0 Å². The number of hydrogen-bond acceptors (Lipinski definition) is 8. The fourth-order valence-electron chi connectivity index (χ4n) is 6.28. The molecule has 1 amide bonds. The Labute approximate surface area is 261 Å². The molecule has 3 aliphatic rings.